The molecule has 0 atom stereocenters. The van der Waals surface area contributed by atoms with E-state index in [0.717, 1.165) is 5.56 Å². The Balaban J connectivity index is 2.48. The van der Waals surface area contributed by atoms with E-state index < -0.39 is 11.6 Å². The van der Waals surface area contributed by atoms with Crippen LogP contribution in [0.5, 0.6) is 5.75 Å². The summed E-state index contributed by atoms with van der Waals surface area (Å²) in [6.07, 6.45) is 3.81. The van der Waals surface area contributed by atoms with Gasteiger partial charge >= 0.3 is 5.97 Å². The Morgan fingerprint density at radius 1 is 1.21 bits per heavy atom. The van der Waals surface area contributed by atoms with E-state index in [9.17, 15) is 9.59 Å². The van der Waals surface area contributed by atoms with Crippen LogP contribution in [0.25, 0.3) is 6.08 Å². The van der Waals surface area contributed by atoms with E-state index >= 15 is 0 Å². The molecule has 0 bridgehead atoms. The fraction of sp³-hybridized carbons (Fsp3) is 0.333. The third-order valence-corrected chi connectivity index (χ3v) is 2.02. The number of benzene rings is 1. The Bertz CT molecular complexity index is 452. The maximum absolute atomic E-state index is 11.4. The molecule has 0 heterocycles. The first-order chi connectivity index (χ1) is 8.90. The maximum Gasteiger partial charge on any atom is 0.344 e. The van der Waals surface area contributed by atoms with E-state index in [-0.39, 0.29) is 6.61 Å². The zero-order valence-corrected chi connectivity index (χ0v) is 11.4. The van der Waals surface area contributed by atoms with Gasteiger partial charge in [0, 0.05) is 0 Å². The number of hydrogen-bond acceptors (Lipinski definition) is 4. The van der Waals surface area contributed by atoms with E-state index in [1.54, 1.807) is 51.1 Å². The third-order valence-electron chi connectivity index (χ3n) is 2.02. The summed E-state index contributed by atoms with van der Waals surface area (Å²) in [4.78, 5) is 21.6. The zero-order valence-electron chi connectivity index (χ0n) is 11.4. The molecule has 19 heavy (non-hydrogen) atoms. The summed E-state index contributed by atoms with van der Waals surface area (Å²) in [7, 11) is 0. The predicted octanol–water partition coefficient (Wildman–Crippen LogP) is 2.62. The molecular weight excluding hydrogens is 244 g/mol. The lowest BCUT2D eigenvalue weighted by atomic mass is 10.2. The second-order valence-corrected chi connectivity index (χ2v) is 4.94. The van der Waals surface area contributed by atoms with Gasteiger partial charge in [-0.3, -0.25) is 4.79 Å². The van der Waals surface area contributed by atoms with Crippen LogP contribution in [-0.2, 0) is 14.3 Å². The number of ether oxygens (including phenoxy) is 2. The minimum atomic E-state index is -0.510. The van der Waals surface area contributed by atoms with Crippen LogP contribution in [0.1, 0.15) is 26.3 Å². The van der Waals surface area contributed by atoms with Crippen LogP contribution in [0.3, 0.4) is 0 Å². The maximum atomic E-state index is 11.4. The molecule has 0 aliphatic carbocycles. The summed E-state index contributed by atoms with van der Waals surface area (Å²) in [5.41, 5.74) is 0.376. The number of allylic oxidation sites excluding steroid dienone is 1. The minimum absolute atomic E-state index is 0.124. The van der Waals surface area contributed by atoms with E-state index in [2.05, 4.69) is 0 Å². The first kappa shape index (κ1) is 15.0. The van der Waals surface area contributed by atoms with Gasteiger partial charge in [0.05, 0.1) is 0 Å². The van der Waals surface area contributed by atoms with Crippen LogP contribution in [0.4, 0.5) is 0 Å². The van der Waals surface area contributed by atoms with Gasteiger partial charge in [-0.15, -0.1) is 0 Å². The zero-order chi connectivity index (χ0) is 14.3. The molecular formula is C15H18O4. The van der Waals surface area contributed by atoms with Gasteiger partial charge in [0.15, 0.2) is 6.61 Å². The number of aldehydes is 1. The highest BCUT2D eigenvalue weighted by molar-refractivity contribution is 5.74. The highest BCUT2D eigenvalue weighted by Crippen LogP contribution is 2.14. The molecule has 0 saturated heterocycles. The molecule has 0 fully saturated rings. The van der Waals surface area contributed by atoms with Crippen molar-refractivity contribution in [1.82, 2.24) is 0 Å². The molecule has 1 aromatic rings. The number of rotatable bonds is 5. The average Bonchev–Trinajstić information content (AvgIpc) is 2.33. The molecule has 1 aromatic carbocycles. The summed E-state index contributed by atoms with van der Waals surface area (Å²) >= 11 is 0. The Morgan fingerprint density at radius 3 is 2.37 bits per heavy atom. The van der Waals surface area contributed by atoms with Crippen LogP contribution in [0, 0.1) is 0 Å². The van der Waals surface area contributed by atoms with Crippen molar-refractivity contribution in [2.24, 2.45) is 0 Å². The third kappa shape index (κ3) is 6.41. The van der Waals surface area contributed by atoms with Crippen molar-refractivity contribution < 1.29 is 19.1 Å². The van der Waals surface area contributed by atoms with Crippen molar-refractivity contribution in [2.75, 3.05) is 6.61 Å². The molecule has 0 N–H and O–H groups in total. The summed E-state index contributed by atoms with van der Waals surface area (Å²) in [5, 5.41) is 0. The van der Waals surface area contributed by atoms with E-state index in [1.165, 1.54) is 6.08 Å². The van der Waals surface area contributed by atoms with Crippen LogP contribution < -0.4 is 4.74 Å². The second-order valence-electron chi connectivity index (χ2n) is 4.94. The van der Waals surface area contributed by atoms with Gasteiger partial charge in [-0.2, -0.15) is 0 Å². The van der Waals surface area contributed by atoms with Crippen LogP contribution >= 0.6 is 0 Å². The Kier molecular flexibility index (Phi) is 5.30. The summed E-state index contributed by atoms with van der Waals surface area (Å²) in [6, 6.07) is 7.05. The molecule has 0 aliphatic heterocycles. The highest BCUT2D eigenvalue weighted by atomic mass is 16.6. The van der Waals surface area contributed by atoms with Crippen molar-refractivity contribution >= 4 is 18.3 Å². The minimum Gasteiger partial charge on any atom is -0.482 e. The van der Waals surface area contributed by atoms with E-state index in [0.29, 0.717) is 12.0 Å². The molecule has 102 valence electrons. The molecule has 0 spiro atoms. The van der Waals surface area contributed by atoms with Gasteiger partial charge in [0.25, 0.3) is 0 Å². The van der Waals surface area contributed by atoms with Gasteiger partial charge in [-0.05, 0) is 44.5 Å². The topological polar surface area (TPSA) is 52.6 Å². The van der Waals surface area contributed by atoms with Crippen molar-refractivity contribution in [3.63, 3.8) is 0 Å². The molecule has 0 aromatic heterocycles. The quantitative estimate of drug-likeness (QED) is 0.465. The van der Waals surface area contributed by atoms with Crippen molar-refractivity contribution in [1.29, 1.82) is 0 Å². The van der Waals surface area contributed by atoms with Gasteiger partial charge in [-0.25, -0.2) is 4.79 Å². The number of esters is 1. The molecule has 1 rings (SSSR count). The van der Waals surface area contributed by atoms with Gasteiger partial charge in [0.1, 0.15) is 17.6 Å². The van der Waals surface area contributed by atoms with Gasteiger partial charge in [-0.1, -0.05) is 18.2 Å². The first-order valence-corrected chi connectivity index (χ1v) is 5.97. The van der Waals surface area contributed by atoms with Crippen LogP contribution in [0.15, 0.2) is 30.3 Å². The molecule has 0 saturated carbocycles. The molecule has 0 amide bonds. The fourth-order valence-electron chi connectivity index (χ4n) is 1.34. The van der Waals surface area contributed by atoms with E-state index in [4.69, 9.17) is 9.47 Å². The highest BCUT2D eigenvalue weighted by Gasteiger charge is 2.16. The monoisotopic (exact) mass is 262 g/mol. The molecule has 4 nitrogen and oxygen atoms in total. The second kappa shape index (κ2) is 6.73. The van der Waals surface area contributed by atoms with Crippen molar-refractivity contribution in [2.45, 2.75) is 26.4 Å². The number of carbonyl (C=O) groups is 2. The largest absolute Gasteiger partial charge is 0.482 e. The fourth-order valence-corrected chi connectivity index (χ4v) is 1.34. The summed E-state index contributed by atoms with van der Waals surface area (Å²) < 4.78 is 10.4. The van der Waals surface area contributed by atoms with E-state index in [1.807, 2.05) is 0 Å². The Labute approximate surface area is 113 Å². The number of carbonyl (C=O) groups excluding carboxylic acids is 2. The van der Waals surface area contributed by atoms with Crippen molar-refractivity contribution in [3.8, 4) is 5.75 Å². The summed E-state index contributed by atoms with van der Waals surface area (Å²) in [6.45, 7) is 5.29. The Hall–Kier alpha value is -2.10. The Morgan fingerprint density at radius 2 is 1.84 bits per heavy atom. The number of hydrogen-bond donors (Lipinski definition) is 0. The van der Waals surface area contributed by atoms with Gasteiger partial charge in [0.2, 0.25) is 0 Å². The predicted molar refractivity (Wildman–Crippen MR) is 72.9 cm³/mol. The molecule has 4 heteroatoms. The SMILES string of the molecule is CC(C)(C)OC(=O)COc1ccc(C=CC=O)cc1. The lowest BCUT2D eigenvalue weighted by Crippen LogP contribution is -2.27. The first-order valence-electron chi connectivity index (χ1n) is 5.97. The summed E-state index contributed by atoms with van der Waals surface area (Å²) in [5.74, 6) is 0.173. The standard InChI is InChI=1S/C15H18O4/c1-15(2,3)19-14(17)11-18-13-8-6-12(7-9-13)5-4-10-16/h4-10H,11H2,1-3H3. The lowest BCUT2D eigenvalue weighted by Gasteiger charge is -2.19. The van der Waals surface area contributed by atoms with Crippen LogP contribution in [-0.4, -0.2) is 24.5 Å². The normalized spacial score (nSPS) is 11.3. The smallest absolute Gasteiger partial charge is 0.344 e. The lowest BCUT2D eigenvalue weighted by molar-refractivity contribution is -0.157. The average molecular weight is 262 g/mol. The van der Waals surface area contributed by atoms with Crippen molar-refractivity contribution in [3.05, 3.63) is 35.9 Å². The van der Waals surface area contributed by atoms with Gasteiger partial charge < -0.3 is 9.47 Å². The molecule has 0 unspecified atom stereocenters. The van der Waals surface area contributed by atoms with Crippen LogP contribution in [0.2, 0.25) is 0 Å². The molecule has 0 aliphatic rings. The molecule has 0 radical (unpaired) electrons.